The lowest BCUT2D eigenvalue weighted by Crippen LogP contribution is -2.49. The van der Waals surface area contributed by atoms with Gasteiger partial charge in [-0.1, -0.05) is 31.4 Å². The minimum atomic E-state index is -0.307. The number of amides is 2. The van der Waals surface area contributed by atoms with Crippen molar-refractivity contribution in [3.05, 3.63) is 35.6 Å². The Morgan fingerprint density at radius 1 is 1.20 bits per heavy atom. The number of likely N-dealkylation sites (N-methyl/N-ethyl adjacent to an activating group) is 1. The summed E-state index contributed by atoms with van der Waals surface area (Å²) in [5.41, 5.74) is 7.63. The average Bonchev–Trinajstić information content (AvgIpc) is 2.95. The molecule has 6 nitrogen and oxygen atoms in total. The number of carbonyl (C=O) groups is 2. The molecule has 2 amide bonds. The quantitative estimate of drug-likeness (QED) is 0.774. The predicted molar refractivity (Wildman–Crippen MR) is 113 cm³/mol. The van der Waals surface area contributed by atoms with E-state index < -0.39 is 0 Å². The Morgan fingerprint density at radius 3 is 2.87 bits per heavy atom. The van der Waals surface area contributed by atoms with Gasteiger partial charge in [0.15, 0.2) is 0 Å². The number of hydrazine groups is 1. The largest absolute Gasteiger partial charge is 0.344 e. The summed E-state index contributed by atoms with van der Waals surface area (Å²) in [5, 5.41) is 0. The molecular weight excluding hydrogens is 383 g/mol. The third-order valence-corrected chi connectivity index (χ3v) is 7.00. The molecule has 4 rings (SSSR count). The highest BCUT2D eigenvalue weighted by Gasteiger charge is 2.38. The van der Waals surface area contributed by atoms with Gasteiger partial charge in [0.05, 0.1) is 5.92 Å². The van der Waals surface area contributed by atoms with Gasteiger partial charge in [-0.2, -0.15) is 0 Å². The van der Waals surface area contributed by atoms with Crippen LogP contribution in [0.3, 0.4) is 0 Å². The Hall–Kier alpha value is -1.99. The summed E-state index contributed by atoms with van der Waals surface area (Å²) in [6.07, 6.45) is 7.19. The van der Waals surface area contributed by atoms with Crippen molar-refractivity contribution in [1.82, 2.24) is 20.7 Å². The van der Waals surface area contributed by atoms with Crippen molar-refractivity contribution in [2.75, 3.05) is 20.1 Å². The van der Waals surface area contributed by atoms with Crippen LogP contribution in [-0.4, -0.2) is 53.8 Å². The van der Waals surface area contributed by atoms with E-state index in [0.717, 1.165) is 5.56 Å². The SMILES string of the molecule is CN(CC1NNC2CCCCCC21)C(=O)C1CCC(=O)N(Cc2cccc(F)c2)C1. The zero-order chi connectivity index (χ0) is 21.1. The number of benzene rings is 1. The smallest absolute Gasteiger partial charge is 0.227 e. The number of nitrogens with one attached hydrogen (secondary N) is 2. The molecule has 4 atom stereocenters. The first-order valence-corrected chi connectivity index (χ1v) is 11.3. The van der Waals surface area contributed by atoms with Gasteiger partial charge in [-0.15, -0.1) is 0 Å². The van der Waals surface area contributed by atoms with E-state index in [4.69, 9.17) is 0 Å². The van der Waals surface area contributed by atoms with Crippen molar-refractivity contribution in [2.45, 2.75) is 63.6 Å². The van der Waals surface area contributed by atoms with Crippen LogP contribution in [-0.2, 0) is 16.1 Å². The maximum absolute atomic E-state index is 13.5. The Kier molecular flexibility index (Phi) is 6.68. The number of halogens is 1. The fourth-order valence-corrected chi connectivity index (χ4v) is 5.32. The molecule has 2 saturated heterocycles. The van der Waals surface area contributed by atoms with E-state index >= 15 is 0 Å². The molecule has 30 heavy (non-hydrogen) atoms. The van der Waals surface area contributed by atoms with Crippen molar-refractivity contribution < 1.29 is 14.0 Å². The van der Waals surface area contributed by atoms with E-state index in [0.29, 0.717) is 44.4 Å². The summed E-state index contributed by atoms with van der Waals surface area (Å²) < 4.78 is 13.5. The number of rotatable bonds is 5. The first-order chi connectivity index (χ1) is 14.5. The fraction of sp³-hybridized carbons (Fsp3) is 0.652. The second kappa shape index (κ2) is 9.43. The van der Waals surface area contributed by atoms with E-state index in [1.807, 2.05) is 18.0 Å². The van der Waals surface area contributed by atoms with Crippen molar-refractivity contribution in [3.8, 4) is 0 Å². The molecule has 0 radical (unpaired) electrons. The number of fused-ring (bicyclic) bond motifs is 1. The molecule has 2 heterocycles. The Bertz CT molecular complexity index is 773. The van der Waals surface area contributed by atoms with Crippen molar-refractivity contribution in [3.63, 3.8) is 0 Å². The number of hydrogen-bond acceptors (Lipinski definition) is 4. The molecule has 1 aromatic rings. The molecule has 3 aliphatic rings. The topological polar surface area (TPSA) is 64.7 Å². The number of piperidine rings is 1. The molecule has 1 aromatic carbocycles. The van der Waals surface area contributed by atoms with Gasteiger partial charge in [0.25, 0.3) is 0 Å². The second-order valence-corrected chi connectivity index (χ2v) is 9.16. The molecule has 1 aliphatic carbocycles. The van der Waals surface area contributed by atoms with Crippen LogP contribution in [0, 0.1) is 17.7 Å². The van der Waals surface area contributed by atoms with Crippen LogP contribution in [0.1, 0.15) is 50.5 Å². The summed E-state index contributed by atoms with van der Waals surface area (Å²) >= 11 is 0. The maximum Gasteiger partial charge on any atom is 0.227 e. The summed E-state index contributed by atoms with van der Waals surface area (Å²) in [5.74, 6) is 0.207. The average molecular weight is 417 g/mol. The zero-order valence-electron chi connectivity index (χ0n) is 17.8. The lowest BCUT2D eigenvalue weighted by atomic mass is 9.89. The van der Waals surface area contributed by atoms with E-state index in [1.54, 1.807) is 11.0 Å². The molecule has 2 N–H and O–H groups in total. The Labute approximate surface area is 178 Å². The summed E-state index contributed by atoms with van der Waals surface area (Å²) in [7, 11) is 1.88. The van der Waals surface area contributed by atoms with Gasteiger partial charge in [0.2, 0.25) is 11.8 Å². The van der Waals surface area contributed by atoms with Crippen LogP contribution in [0.15, 0.2) is 24.3 Å². The van der Waals surface area contributed by atoms with Crippen molar-refractivity contribution in [2.24, 2.45) is 11.8 Å². The predicted octanol–water partition coefficient (Wildman–Crippen LogP) is 2.45. The third-order valence-electron chi connectivity index (χ3n) is 7.00. The van der Waals surface area contributed by atoms with Crippen LogP contribution < -0.4 is 10.9 Å². The van der Waals surface area contributed by atoms with Crippen LogP contribution in [0.2, 0.25) is 0 Å². The fourth-order valence-electron chi connectivity index (χ4n) is 5.32. The molecule has 0 bridgehead atoms. The van der Waals surface area contributed by atoms with Crippen LogP contribution >= 0.6 is 0 Å². The van der Waals surface area contributed by atoms with Crippen LogP contribution in [0.25, 0.3) is 0 Å². The van der Waals surface area contributed by atoms with Gasteiger partial charge in [0.1, 0.15) is 5.82 Å². The number of likely N-dealkylation sites (tertiary alicyclic amines) is 1. The Morgan fingerprint density at radius 2 is 2.03 bits per heavy atom. The molecule has 164 valence electrons. The third kappa shape index (κ3) is 4.83. The lowest BCUT2D eigenvalue weighted by molar-refractivity contribution is -0.143. The summed E-state index contributed by atoms with van der Waals surface area (Å²) in [6, 6.07) is 7.10. The van der Waals surface area contributed by atoms with E-state index in [-0.39, 0.29) is 29.6 Å². The number of nitrogens with zero attached hydrogens (tertiary/aromatic N) is 2. The zero-order valence-corrected chi connectivity index (χ0v) is 17.8. The van der Waals surface area contributed by atoms with Gasteiger partial charge in [-0.25, -0.2) is 4.39 Å². The number of hydrogen-bond donors (Lipinski definition) is 2. The molecule has 3 fully saturated rings. The van der Waals surface area contributed by atoms with E-state index in [9.17, 15) is 14.0 Å². The van der Waals surface area contributed by atoms with Crippen molar-refractivity contribution in [1.29, 1.82) is 0 Å². The molecule has 2 aliphatic heterocycles. The molecule has 7 heteroatoms. The molecule has 1 saturated carbocycles. The minimum Gasteiger partial charge on any atom is -0.344 e. The lowest BCUT2D eigenvalue weighted by Gasteiger charge is -2.35. The minimum absolute atomic E-state index is 0.0360. The van der Waals surface area contributed by atoms with Gasteiger partial charge in [-0.05, 0) is 42.9 Å². The van der Waals surface area contributed by atoms with E-state index in [2.05, 4.69) is 10.9 Å². The summed E-state index contributed by atoms with van der Waals surface area (Å²) in [4.78, 5) is 29.1. The number of carbonyl (C=O) groups excluding carboxylic acids is 2. The highest BCUT2D eigenvalue weighted by molar-refractivity contribution is 5.83. The van der Waals surface area contributed by atoms with Crippen molar-refractivity contribution >= 4 is 11.8 Å². The van der Waals surface area contributed by atoms with Gasteiger partial charge >= 0.3 is 0 Å². The molecule has 4 unspecified atom stereocenters. The van der Waals surface area contributed by atoms with Gasteiger partial charge in [0, 0.05) is 45.2 Å². The first kappa shape index (κ1) is 21.2. The molecule has 0 aromatic heterocycles. The summed E-state index contributed by atoms with van der Waals surface area (Å²) in [6.45, 7) is 1.43. The van der Waals surface area contributed by atoms with Crippen LogP contribution in [0.5, 0.6) is 0 Å². The van der Waals surface area contributed by atoms with Gasteiger partial charge in [-0.3, -0.25) is 20.4 Å². The molecule has 0 spiro atoms. The standard InChI is InChI=1S/C23H33FN4O2/c1-27(15-21-19-8-3-2-4-9-20(19)25-26-21)23(30)17-10-11-22(29)28(14-17)13-16-6-5-7-18(24)12-16/h5-7,12,17,19-21,25-26H,2-4,8-11,13-15H2,1H3. The highest BCUT2D eigenvalue weighted by Crippen LogP contribution is 2.30. The second-order valence-electron chi connectivity index (χ2n) is 9.16. The Balaban J connectivity index is 1.34. The van der Waals surface area contributed by atoms with Gasteiger partial charge < -0.3 is 9.80 Å². The van der Waals surface area contributed by atoms with E-state index in [1.165, 1.54) is 44.2 Å². The maximum atomic E-state index is 13.5. The molecular formula is C23H33FN4O2. The highest BCUT2D eigenvalue weighted by atomic mass is 19.1. The first-order valence-electron chi connectivity index (χ1n) is 11.3. The monoisotopic (exact) mass is 416 g/mol. The van der Waals surface area contributed by atoms with Crippen LogP contribution in [0.4, 0.5) is 4.39 Å². The normalized spacial score (nSPS) is 29.4.